The van der Waals surface area contributed by atoms with Crippen LogP contribution in [0.5, 0.6) is 11.5 Å². The van der Waals surface area contributed by atoms with Gasteiger partial charge in [0.05, 0.1) is 27.4 Å². The van der Waals surface area contributed by atoms with Crippen LogP contribution in [0.15, 0.2) is 36.5 Å². The zero-order valence-electron chi connectivity index (χ0n) is 15.8. The molecular weight excluding hydrogens is 346 g/mol. The summed E-state index contributed by atoms with van der Waals surface area (Å²) in [5, 5.41) is 2.96. The third kappa shape index (κ3) is 4.89. The summed E-state index contributed by atoms with van der Waals surface area (Å²) >= 11 is 0. The molecule has 3 rings (SSSR count). The molecule has 0 aliphatic carbocycles. The Morgan fingerprint density at radius 2 is 1.93 bits per heavy atom. The highest BCUT2D eigenvalue weighted by atomic mass is 16.5. The number of pyridine rings is 1. The Balaban J connectivity index is 1.56. The fraction of sp³-hybridized carbons (Fsp3) is 0.400. The molecule has 2 aromatic rings. The first-order valence-corrected chi connectivity index (χ1v) is 9.05. The molecule has 7 nitrogen and oxygen atoms in total. The fourth-order valence-electron chi connectivity index (χ4n) is 3.06. The second kappa shape index (κ2) is 9.23. The molecule has 7 heteroatoms. The van der Waals surface area contributed by atoms with Gasteiger partial charge in [0.2, 0.25) is 0 Å². The number of rotatable bonds is 7. The molecule has 144 valence electrons. The lowest BCUT2D eigenvalue weighted by molar-refractivity contribution is -0.381. The Kier molecular flexibility index (Phi) is 6.49. The van der Waals surface area contributed by atoms with Gasteiger partial charge in [0.15, 0.2) is 17.7 Å². The van der Waals surface area contributed by atoms with Gasteiger partial charge < -0.3 is 24.4 Å². The Morgan fingerprint density at radius 3 is 2.67 bits per heavy atom. The van der Waals surface area contributed by atoms with E-state index in [2.05, 4.69) is 15.2 Å². The lowest BCUT2D eigenvalue weighted by Gasteiger charge is -2.28. The van der Waals surface area contributed by atoms with E-state index in [9.17, 15) is 4.79 Å². The number of carbonyl (C=O) groups excluding carboxylic acids is 1. The van der Waals surface area contributed by atoms with Gasteiger partial charge in [-0.15, -0.1) is 0 Å². The largest absolute Gasteiger partial charge is 0.493 e. The first kappa shape index (κ1) is 19.0. The van der Waals surface area contributed by atoms with E-state index in [0.717, 1.165) is 24.3 Å². The van der Waals surface area contributed by atoms with Crippen LogP contribution in [0.4, 0.5) is 5.69 Å². The number of H-pyrrole nitrogens is 1. The van der Waals surface area contributed by atoms with E-state index in [-0.39, 0.29) is 5.91 Å². The number of hydrogen-bond donors (Lipinski definition) is 1. The van der Waals surface area contributed by atoms with Crippen LogP contribution < -0.4 is 24.7 Å². The number of carbonyl (C=O) groups is 1. The predicted octanol–water partition coefficient (Wildman–Crippen LogP) is 1.33. The van der Waals surface area contributed by atoms with Crippen LogP contribution in [0.1, 0.15) is 16.1 Å². The summed E-state index contributed by atoms with van der Waals surface area (Å²) in [5.74, 6) is 1.26. The van der Waals surface area contributed by atoms with Gasteiger partial charge in [0.25, 0.3) is 5.69 Å². The van der Waals surface area contributed by atoms with E-state index >= 15 is 0 Å². The topological polar surface area (TPSA) is 74.2 Å². The maximum absolute atomic E-state index is 12.5. The molecule has 1 fully saturated rings. The number of morpholine rings is 1. The average Bonchev–Trinajstić information content (AvgIpc) is 2.74. The third-order valence-electron chi connectivity index (χ3n) is 4.55. The molecule has 1 aliphatic heterocycles. The van der Waals surface area contributed by atoms with Crippen LogP contribution in [0.25, 0.3) is 0 Å². The summed E-state index contributed by atoms with van der Waals surface area (Å²) in [6.45, 7) is 3.63. The monoisotopic (exact) mass is 372 g/mol. The molecule has 2 N–H and O–H groups in total. The maximum Gasteiger partial charge on any atom is 0.316 e. The van der Waals surface area contributed by atoms with Crippen molar-refractivity contribution in [2.24, 2.45) is 0 Å². The average molecular weight is 372 g/mol. The van der Waals surface area contributed by atoms with Gasteiger partial charge in [0, 0.05) is 37.5 Å². The molecule has 1 aliphatic rings. The molecule has 1 aromatic heterocycles. The van der Waals surface area contributed by atoms with Crippen molar-refractivity contribution in [3.63, 3.8) is 0 Å². The molecule has 0 atom stereocenters. The molecule has 2 heterocycles. The number of amides is 1. The molecule has 1 aromatic carbocycles. The number of benzene rings is 1. The Labute approximate surface area is 159 Å². The van der Waals surface area contributed by atoms with E-state index < -0.39 is 0 Å². The van der Waals surface area contributed by atoms with Crippen molar-refractivity contribution in [3.05, 3.63) is 47.8 Å². The Morgan fingerprint density at radius 1 is 1.15 bits per heavy atom. The van der Waals surface area contributed by atoms with Crippen LogP contribution in [-0.2, 0) is 11.2 Å². The normalized spacial score (nSPS) is 13.9. The number of anilines is 1. The summed E-state index contributed by atoms with van der Waals surface area (Å²) in [5.41, 5.74) is 2.65. The van der Waals surface area contributed by atoms with Crippen LogP contribution >= 0.6 is 0 Å². The quantitative estimate of drug-likeness (QED) is 0.794. The minimum absolute atomic E-state index is 0.120. The predicted molar refractivity (Wildman–Crippen MR) is 102 cm³/mol. The number of ether oxygens (including phenoxy) is 3. The zero-order valence-corrected chi connectivity index (χ0v) is 15.8. The summed E-state index contributed by atoms with van der Waals surface area (Å²) in [6, 6.07) is 9.63. The van der Waals surface area contributed by atoms with Crippen molar-refractivity contribution >= 4 is 11.6 Å². The van der Waals surface area contributed by atoms with Crippen molar-refractivity contribution < 1.29 is 24.0 Å². The molecule has 1 amide bonds. The number of nitrogens with one attached hydrogen (secondary N) is 2. The summed E-state index contributed by atoms with van der Waals surface area (Å²) < 4.78 is 15.9. The zero-order chi connectivity index (χ0) is 19.1. The minimum atomic E-state index is -0.120. The molecule has 0 spiro atoms. The Bertz CT molecular complexity index is 776. The second-order valence-electron chi connectivity index (χ2n) is 6.26. The third-order valence-corrected chi connectivity index (χ3v) is 4.55. The number of methoxy groups -OCH3 is 2. The van der Waals surface area contributed by atoms with Crippen LogP contribution in [0.3, 0.4) is 0 Å². The van der Waals surface area contributed by atoms with E-state index in [1.54, 1.807) is 20.4 Å². The molecular formula is C20H26N3O4+. The molecule has 0 saturated carbocycles. The molecule has 0 radical (unpaired) electrons. The van der Waals surface area contributed by atoms with Crippen molar-refractivity contribution in [1.29, 1.82) is 0 Å². The Hall–Kier alpha value is -2.80. The van der Waals surface area contributed by atoms with E-state index in [0.29, 0.717) is 43.4 Å². The second-order valence-corrected chi connectivity index (χ2v) is 6.26. The lowest BCUT2D eigenvalue weighted by Crippen LogP contribution is -2.37. The van der Waals surface area contributed by atoms with Crippen molar-refractivity contribution in [3.8, 4) is 11.5 Å². The van der Waals surface area contributed by atoms with E-state index in [1.165, 1.54) is 0 Å². The van der Waals surface area contributed by atoms with Crippen LogP contribution in [0.2, 0.25) is 0 Å². The minimum Gasteiger partial charge on any atom is -0.493 e. The highest BCUT2D eigenvalue weighted by Crippen LogP contribution is 2.27. The first-order valence-electron chi connectivity index (χ1n) is 9.05. The molecule has 27 heavy (non-hydrogen) atoms. The standard InChI is InChI=1S/C20H25N3O4/c1-25-18-4-3-15(13-19(18)26-2)5-7-22-20(24)17-14-16(6-8-21-17)23-9-11-27-12-10-23/h3-4,6,8,13-14H,5,7,9-12H2,1-2H3,(H,22,24)/p+1. The van der Waals surface area contributed by atoms with Gasteiger partial charge in [-0.1, -0.05) is 6.07 Å². The van der Waals surface area contributed by atoms with Gasteiger partial charge in [-0.05, 0) is 24.1 Å². The molecule has 0 bridgehead atoms. The first-order chi connectivity index (χ1) is 13.2. The smallest absolute Gasteiger partial charge is 0.316 e. The van der Waals surface area contributed by atoms with Gasteiger partial charge >= 0.3 is 5.91 Å². The maximum atomic E-state index is 12.5. The summed E-state index contributed by atoms with van der Waals surface area (Å²) in [7, 11) is 3.22. The number of aromatic amines is 1. The van der Waals surface area contributed by atoms with Gasteiger partial charge in [0.1, 0.15) is 0 Å². The van der Waals surface area contributed by atoms with Gasteiger partial charge in [-0.2, -0.15) is 0 Å². The molecule has 0 unspecified atom stereocenters. The number of nitrogens with zero attached hydrogens (tertiary/aromatic N) is 1. The van der Waals surface area contributed by atoms with Crippen LogP contribution in [-0.4, -0.2) is 53.0 Å². The number of aromatic nitrogens is 1. The van der Waals surface area contributed by atoms with Crippen molar-refractivity contribution in [1.82, 2.24) is 5.32 Å². The molecule has 1 saturated heterocycles. The highest BCUT2D eigenvalue weighted by molar-refractivity contribution is 5.91. The van der Waals surface area contributed by atoms with Gasteiger partial charge in [-0.3, -0.25) is 4.79 Å². The van der Waals surface area contributed by atoms with E-state index in [4.69, 9.17) is 14.2 Å². The van der Waals surface area contributed by atoms with Crippen molar-refractivity contribution in [2.75, 3.05) is 52.0 Å². The summed E-state index contributed by atoms with van der Waals surface area (Å²) in [4.78, 5) is 17.7. The highest BCUT2D eigenvalue weighted by Gasteiger charge is 2.17. The lowest BCUT2D eigenvalue weighted by atomic mass is 10.1. The fourth-order valence-corrected chi connectivity index (χ4v) is 3.06. The van der Waals surface area contributed by atoms with Gasteiger partial charge in [-0.25, -0.2) is 4.98 Å². The van der Waals surface area contributed by atoms with E-state index in [1.807, 2.05) is 30.3 Å². The van der Waals surface area contributed by atoms with Crippen LogP contribution in [0, 0.1) is 0 Å². The van der Waals surface area contributed by atoms with Crippen molar-refractivity contribution in [2.45, 2.75) is 6.42 Å². The number of hydrogen-bond acceptors (Lipinski definition) is 5. The SMILES string of the molecule is COc1ccc(CCNC(=O)c2cc(N3CCOCC3)cc[nH+]2)cc1OC. The summed E-state index contributed by atoms with van der Waals surface area (Å²) in [6.07, 6.45) is 2.50.